The molecule has 1 aromatic heterocycles. The van der Waals surface area contributed by atoms with Crippen LogP contribution < -0.4 is 10.5 Å². The second kappa shape index (κ2) is 8.06. The average molecular weight is 377 g/mol. The SMILES string of the molecule is CCC(CC)(CN)NS(=O)(=O)c1cnn(-c2ccccc2F)c1.Cl. The molecule has 24 heavy (non-hydrogen) atoms. The Morgan fingerprint density at radius 3 is 2.46 bits per heavy atom. The van der Waals surface area contributed by atoms with Crippen LogP contribution in [0.25, 0.3) is 5.69 Å². The first kappa shape index (κ1) is 20.6. The van der Waals surface area contributed by atoms with Crippen molar-refractivity contribution < 1.29 is 12.8 Å². The maximum Gasteiger partial charge on any atom is 0.244 e. The molecule has 0 aliphatic heterocycles. The normalized spacial score (nSPS) is 12.0. The fourth-order valence-electron chi connectivity index (χ4n) is 2.28. The van der Waals surface area contributed by atoms with E-state index in [1.807, 2.05) is 13.8 Å². The van der Waals surface area contributed by atoms with Gasteiger partial charge in [-0.1, -0.05) is 26.0 Å². The Kier molecular flexibility index (Phi) is 6.91. The molecule has 0 saturated carbocycles. The van der Waals surface area contributed by atoms with Gasteiger partial charge in [-0.05, 0) is 25.0 Å². The number of hydrogen-bond donors (Lipinski definition) is 2. The van der Waals surface area contributed by atoms with Gasteiger partial charge in [-0.3, -0.25) is 0 Å². The van der Waals surface area contributed by atoms with Gasteiger partial charge in [-0.25, -0.2) is 22.2 Å². The van der Waals surface area contributed by atoms with Crippen molar-refractivity contribution in [3.63, 3.8) is 0 Å². The van der Waals surface area contributed by atoms with Crippen LogP contribution in [0.4, 0.5) is 4.39 Å². The average Bonchev–Trinajstić information content (AvgIpc) is 3.04. The van der Waals surface area contributed by atoms with Gasteiger partial charge in [0.1, 0.15) is 16.4 Å². The molecule has 6 nitrogen and oxygen atoms in total. The van der Waals surface area contributed by atoms with Crippen molar-refractivity contribution in [2.45, 2.75) is 37.1 Å². The van der Waals surface area contributed by atoms with Crippen LogP contribution in [0.1, 0.15) is 26.7 Å². The van der Waals surface area contributed by atoms with Crippen LogP contribution >= 0.6 is 12.4 Å². The number of halogens is 2. The van der Waals surface area contributed by atoms with E-state index in [1.54, 1.807) is 12.1 Å². The van der Waals surface area contributed by atoms with E-state index < -0.39 is 21.4 Å². The zero-order valence-corrected chi connectivity index (χ0v) is 15.2. The largest absolute Gasteiger partial charge is 0.329 e. The number of nitrogens with one attached hydrogen (secondary N) is 1. The van der Waals surface area contributed by atoms with Crippen LogP contribution in [0, 0.1) is 5.82 Å². The van der Waals surface area contributed by atoms with Gasteiger partial charge in [-0.15, -0.1) is 12.4 Å². The quantitative estimate of drug-likeness (QED) is 0.775. The third-order valence-corrected chi connectivity index (χ3v) is 5.60. The molecule has 1 heterocycles. The van der Waals surface area contributed by atoms with Crippen LogP contribution in [-0.4, -0.2) is 30.3 Å². The van der Waals surface area contributed by atoms with Crippen molar-refractivity contribution in [3.05, 3.63) is 42.5 Å². The molecule has 0 saturated heterocycles. The standard InChI is InChI=1S/C15H21FN4O2S.ClH/c1-3-15(4-2,11-17)19-23(21,22)12-9-18-20(10-12)14-8-6-5-7-13(14)16;/h5-10,19H,3-4,11,17H2,1-2H3;1H. The second-order valence-electron chi connectivity index (χ2n) is 5.37. The summed E-state index contributed by atoms with van der Waals surface area (Å²) in [6, 6.07) is 6.02. The van der Waals surface area contributed by atoms with Crippen molar-refractivity contribution in [1.82, 2.24) is 14.5 Å². The zero-order chi connectivity index (χ0) is 17.1. The minimum absolute atomic E-state index is 0. The second-order valence-corrected chi connectivity index (χ2v) is 7.05. The lowest BCUT2D eigenvalue weighted by Crippen LogP contribution is -2.52. The van der Waals surface area contributed by atoms with E-state index in [0.717, 1.165) is 0 Å². The number of rotatable bonds is 7. The minimum atomic E-state index is -3.79. The summed E-state index contributed by atoms with van der Waals surface area (Å²) in [7, 11) is -3.79. The van der Waals surface area contributed by atoms with Gasteiger partial charge < -0.3 is 5.73 Å². The van der Waals surface area contributed by atoms with Gasteiger partial charge in [0.25, 0.3) is 0 Å². The lowest BCUT2D eigenvalue weighted by Gasteiger charge is -2.30. The van der Waals surface area contributed by atoms with E-state index in [-0.39, 0.29) is 29.5 Å². The molecule has 0 spiro atoms. The molecular weight excluding hydrogens is 355 g/mol. The highest BCUT2D eigenvalue weighted by atomic mass is 35.5. The van der Waals surface area contributed by atoms with E-state index in [0.29, 0.717) is 12.8 Å². The maximum atomic E-state index is 13.8. The molecule has 0 unspecified atom stereocenters. The van der Waals surface area contributed by atoms with Crippen molar-refractivity contribution in [2.24, 2.45) is 5.73 Å². The topological polar surface area (TPSA) is 90.0 Å². The van der Waals surface area contributed by atoms with Crippen molar-refractivity contribution in [1.29, 1.82) is 0 Å². The molecule has 3 N–H and O–H groups in total. The first-order chi connectivity index (χ1) is 10.9. The Hall–Kier alpha value is -1.48. The first-order valence-corrected chi connectivity index (χ1v) is 8.89. The monoisotopic (exact) mass is 376 g/mol. The van der Waals surface area contributed by atoms with Gasteiger partial charge in [0, 0.05) is 12.1 Å². The van der Waals surface area contributed by atoms with Crippen LogP contribution in [0.3, 0.4) is 0 Å². The van der Waals surface area contributed by atoms with E-state index in [4.69, 9.17) is 5.73 Å². The van der Waals surface area contributed by atoms with Crippen molar-refractivity contribution in [3.8, 4) is 5.69 Å². The summed E-state index contributed by atoms with van der Waals surface area (Å²) in [4.78, 5) is -0.0273. The lowest BCUT2D eigenvalue weighted by atomic mass is 9.95. The van der Waals surface area contributed by atoms with E-state index in [1.165, 1.54) is 29.2 Å². The highest BCUT2D eigenvalue weighted by Crippen LogP contribution is 2.20. The number of benzene rings is 1. The molecule has 0 aliphatic carbocycles. The van der Waals surface area contributed by atoms with Gasteiger partial charge in [0.15, 0.2) is 0 Å². The highest BCUT2D eigenvalue weighted by Gasteiger charge is 2.31. The Labute approximate surface area is 147 Å². The summed E-state index contributed by atoms with van der Waals surface area (Å²) >= 11 is 0. The molecule has 0 amide bonds. The van der Waals surface area contributed by atoms with E-state index in [9.17, 15) is 12.8 Å². The lowest BCUT2D eigenvalue weighted by molar-refractivity contribution is 0.363. The number of para-hydroxylation sites is 1. The highest BCUT2D eigenvalue weighted by molar-refractivity contribution is 7.89. The molecule has 0 bridgehead atoms. The fraction of sp³-hybridized carbons (Fsp3) is 0.400. The first-order valence-electron chi connectivity index (χ1n) is 7.41. The summed E-state index contributed by atoms with van der Waals surface area (Å²) in [6.45, 7) is 3.95. The third-order valence-electron chi connectivity index (χ3n) is 4.06. The third kappa shape index (κ3) is 4.13. The molecule has 2 rings (SSSR count). The molecule has 2 aromatic rings. The van der Waals surface area contributed by atoms with Gasteiger partial charge >= 0.3 is 0 Å². The Balaban J connectivity index is 0.00000288. The van der Waals surface area contributed by atoms with Gasteiger partial charge in [-0.2, -0.15) is 5.10 Å². The Bertz CT molecular complexity index is 767. The predicted molar refractivity (Wildman–Crippen MR) is 93.5 cm³/mol. The molecule has 1 aromatic carbocycles. The Morgan fingerprint density at radius 1 is 1.29 bits per heavy atom. The van der Waals surface area contributed by atoms with E-state index in [2.05, 4.69) is 9.82 Å². The van der Waals surface area contributed by atoms with Crippen molar-refractivity contribution in [2.75, 3.05) is 6.54 Å². The number of aromatic nitrogens is 2. The number of nitrogens with two attached hydrogens (primary N) is 1. The predicted octanol–water partition coefficient (Wildman–Crippen LogP) is 2.23. The van der Waals surface area contributed by atoms with Crippen LogP contribution in [-0.2, 0) is 10.0 Å². The summed E-state index contributed by atoms with van der Waals surface area (Å²) in [5.41, 5.74) is 5.22. The Morgan fingerprint density at radius 2 is 1.92 bits per heavy atom. The molecule has 0 fully saturated rings. The van der Waals surface area contributed by atoms with Crippen molar-refractivity contribution >= 4 is 22.4 Å². The summed E-state index contributed by atoms with van der Waals surface area (Å²) in [5, 5.41) is 3.95. The smallest absolute Gasteiger partial charge is 0.244 e. The maximum absolute atomic E-state index is 13.8. The molecule has 9 heteroatoms. The van der Waals surface area contributed by atoms with Gasteiger partial charge in [0.05, 0.1) is 12.4 Å². The number of sulfonamides is 1. The van der Waals surface area contributed by atoms with Crippen LogP contribution in [0.2, 0.25) is 0 Å². The van der Waals surface area contributed by atoms with Crippen LogP contribution in [0.15, 0.2) is 41.6 Å². The van der Waals surface area contributed by atoms with Gasteiger partial charge in [0.2, 0.25) is 10.0 Å². The summed E-state index contributed by atoms with van der Waals surface area (Å²) in [6.07, 6.45) is 3.62. The summed E-state index contributed by atoms with van der Waals surface area (Å²) in [5.74, 6) is -0.481. The number of hydrogen-bond acceptors (Lipinski definition) is 4. The number of nitrogens with zero attached hydrogens (tertiary/aromatic N) is 2. The molecule has 0 radical (unpaired) electrons. The summed E-state index contributed by atoms with van der Waals surface area (Å²) < 4.78 is 42.7. The molecule has 0 aliphatic rings. The zero-order valence-electron chi connectivity index (χ0n) is 13.6. The van der Waals surface area contributed by atoms with Crippen LogP contribution in [0.5, 0.6) is 0 Å². The van der Waals surface area contributed by atoms with E-state index >= 15 is 0 Å². The molecular formula is C15H22ClFN4O2S. The fourth-order valence-corrected chi connectivity index (χ4v) is 3.77. The minimum Gasteiger partial charge on any atom is -0.329 e. The molecule has 0 atom stereocenters. The molecule has 134 valence electrons.